The lowest BCUT2D eigenvalue weighted by Gasteiger charge is -2.37. The van der Waals surface area contributed by atoms with Gasteiger partial charge in [-0.15, -0.1) is 0 Å². The molecule has 0 saturated carbocycles. The minimum atomic E-state index is 0.333. The van der Waals surface area contributed by atoms with Crippen molar-refractivity contribution in [3.63, 3.8) is 0 Å². The van der Waals surface area contributed by atoms with Crippen molar-refractivity contribution in [1.82, 2.24) is 0 Å². The van der Waals surface area contributed by atoms with Gasteiger partial charge in [-0.1, -0.05) is 31.0 Å². The van der Waals surface area contributed by atoms with Crippen LogP contribution in [0.4, 0.5) is 5.69 Å². The van der Waals surface area contributed by atoms with Crippen molar-refractivity contribution in [3.8, 4) is 0 Å². The van der Waals surface area contributed by atoms with Gasteiger partial charge in [0.2, 0.25) is 0 Å². The van der Waals surface area contributed by atoms with Gasteiger partial charge in [0.1, 0.15) is 0 Å². The van der Waals surface area contributed by atoms with E-state index in [1.807, 2.05) is 0 Å². The lowest BCUT2D eigenvalue weighted by atomic mass is 9.92. The van der Waals surface area contributed by atoms with Crippen molar-refractivity contribution in [2.75, 3.05) is 18.0 Å². The molecule has 2 unspecified atom stereocenters. The lowest BCUT2D eigenvalue weighted by molar-refractivity contribution is 0.368. The largest absolute Gasteiger partial charge is 0.370 e. The summed E-state index contributed by atoms with van der Waals surface area (Å²) in [6, 6.07) is 9.10. The molecule has 0 spiro atoms. The summed E-state index contributed by atoms with van der Waals surface area (Å²) in [6.45, 7) is 6.55. The van der Waals surface area contributed by atoms with Crippen molar-refractivity contribution in [2.45, 2.75) is 32.7 Å². The number of rotatable bonds is 2. The summed E-state index contributed by atoms with van der Waals surface area (Å²) >= 11 is 0. The van der Waals surface area contributed by atoms with Crippen LogP contribution < -0.4 is 10.6 Å². The summed E-state index contributed by atoms with van der Waals surface area (Å²) in [5, 5.41) is 0. The van der Waals surface area contributed by atoms with Crippen LogP contribution in [0.5, 0.6) is 0 Å². The van der Waals surface area contributed by atoms with Crippen molar-refractivity contribution in [3.05, 3.63) is 29.8 Å². The number of nitrogens with zero attached hydrogens (tertiary/aromatic N) is 1. The fraction of sp³-hybridized carbons (Fsp3) is 0.571. The molecule has 0 radical (unpaired) electrons. The number of piperidine rings is 1. The smallest absolute Gasteiger partial charge is 0.0367 e. The predicted molar refractivity (Wildman–Crippen MR) is 69.8 cm³/mol. The zero-order valence-corrected chi connectivity index (χ0v) is 10.3. The highest BCUT2D eigenvalue weighted by molar-refractivity contribution is 5.48. The van der Waals surface area contributed by atoms with Crippen LogP contribution in [-0.4, -0.2) is 19.1 Å². The Balaban J connectivity index is 2.11. The van der Waals surface area contributed by atoms with Gasteiger partial charge in [0.25, 0.3) is 0 Å². The monoisotopic (exact) mass is 218 g/mol. The molecule has 2 nitrogen and oxygen atoms in total. The summed E-state index contributed by atoms with van der Waals surface area (Å²) < 4.78 is 0. The topological polar surface area (TPSA) is 29.3 Å². The molecule has 0 aliphatic carbocycles. The maximum Gasteiger partial charge on any atom is 0.0367 e. The van der Waals surface area contributed by atoms with Crippen LogP contribution in [0.25, 0.3) is 0 Å². The van der Waals surface area contributed by atoms with E-state index in [4.69, 9.17) is 5.73 Å². The van der Waals surface area contributed by atoms with Crippen LogP contribution in [0, 0.1) is 12.8 Å². The Hall–Kier alpha value is -1.02. The van der Waals surface area contributed by atoms with Gasteiger partial charge in [-0.3, -0.25) is 0 Å². The van der Waals surface area contributed by atoms with E-state index < -0.39 is 0 Å². The molecule has 1 aromatic carbocycles. The summed E-state index contributed by atoms with van der Waals surface area (Å²) in [4.78, 5) is 2.43. The second kappa shape index (κ2) is 4.88. The number of aryl methyl sites for hydroxylation is 1. The Labute approximate surface area is 98.4 Å². The minimum Gasteiger partial charge on any atom is -0.370 e. The lowest BCUT2D eigenvalue weighted by Crippen LogP contribution is -2.47. The van der Waals surface area contributed by atoms with Crippen molar-refractivity contribution < 1.29 is 0 Å². The van der Waals surface area contributed by atoms with E-state index in [2.05, 4.69) is 43.0 Å². The zero-order chi connectivity index (χ0) is 11.5. The molecule has 2 rings (SSSR count). The number of hydrogen-bond donors (Lipinski definition) is 1. The maximum atomic E-state index is 6.12. The first-order valence-electron chi connectivity index (χ1n) is 6.26. The first-order valence-corrected chi connectivity index (χ1v) is 6.26. The molecule has 1 aliphatic rings. The minimum absolute atomic E-state index is 0.333. The summed E-state index contributed by atoms with van der Waals surface area (Å²) in [5.41, 5.74) is 8.75. The predicted octanol–water partition coefficient (Wildman–Crippen LogP) is 2.56. The second-order valence-corrected chi connectivity index (χ2v) is 5.01. The van der Waals surface area contributed by atoms with Crippen LogP contribution in [0.15, 0.2) is 24.3 Å². The average molecular weight is 218 g/mol. The molecule has 88 valence electrons. The normalized spacial score (nSPS) is 25.8. The molecule has 1 saturated heterocycles. The number of nitrogens with two attached hydrogens (primary N) is 1. The molecule has 16 heavy (non-hydrogen) atoms. The molecular weight excluding hydrogens is 196 g/mol. The van der Waals surface area contributed by atoms with Crippen LogP contribution in [-0.2, 0) is 0 Å². The average Bonchev–Trinajstić information content (AvgIpc) is 2.29. The van der Waals surface area contributed by atoms with E-state index in [0.29, 0.717) is 6.04 Å². The van der Waals surface area contributed by atoms with Gasteiger partial charge < -0.3 is 10.6 Å². The third-order valence-electron chi connectivity index (χ3n) is 3.55. The van der Waals surface area contributed by atoms with Crippen molar-refractivity contribution >= 4 is 5.69 Å². The standard InChI is InChI=1S/C14H22N2/c1-3-12-8-13(15)10-16(9-12)14-6-4-11(2)5-7-14/h4-7,12-13H,3,8-10,15H2,1-2H3. The Morgan fingerprint density at radius 3 is 2.56 bits per heavy atom. The summed E-state index contributed by atoms with van der Waals surface area (Å²) in [7, 11) is 0. The Bertz CT molecular complexity index is 331. The molecule has 2 heteroatoms. The summed E-state index contributed by atoms with van der Waals surface area (Å²) in [5.74, 6) is 0.755. The van der Waals surface area contributed by atoms with E-state index in [1.165, 1.54) is 24.1 Å². The quantitative estimate of drug-likeness (QED) is 0.826. The van der Waals surface area contributed by atoms with Crippen LogP contribution in [0.3, 0.4) is 0 Å². The molecule has 2 N–H and O–H groups in total. The SMILES string of the molecule is CCC1CC(N)CN(c2ccc(C)cc2)C1. The molecule has 0 aromatic heterocycles. The molecule has 0 bridgehead atoms. The fourth-order valence-corrected chi connectivity index (χ4v) is 2.51. The zero-order valence-electron chi connectivity index (χ0n) is 10.3. The number of hydrogen-bond acceptors (Lipinski definition) is 2. The van der Waals surface area contributed by atoms with Crippen LogP contribution in [0.1, 0.15) is 25.3 Å². The van der Waals surface area contributed by atoms with Gasteiger partial charge in [-0.25, -0.2) is 0 Å². The Kier molecular flexibility index (Phi) is 3.49. The van der Waals surface area contributed by atoms with Gasteiger partial charge in [0.05, 0.1) is 0 Å². The number of benzene rings is 1. The molecule has 2 atom stereocenters. The van der Waals surface area contributed by atoms with Gasteiger partial charge >= 0.3 is 0 Å². The van der Waals surface area contributed by atoms with Gasteiger partial charge in [0, 0.05) is 24.8 Å². The molecule has 1 fully saturated rings. The van der Waals surface area contributed by atoms with E-state index in [1.54, 1.807) is 0 Å². The van der Waals surface area contributed by atoms with Crippen molar-refractivity contribution in [2.24, 2.45) is 11.7 Å². The summed E-state index contributed by atoms with van der Waals surface area (Å²) in [6.07, 6.45) is 2.41. The second-order valence-electron chi connectivity index (χ2n) is 5.01. The Morgan fingerprint density at radius 2 is 1.94 bits per heavy atom. The van der Waals surface area contributed by atoms with Crippen LogP contribution >= 0.6 is 0 Å². The maximum absolute atomic E-state index is 6.12. The van der Waals surface area contributed by atoms with E-state index in [-0.39, 0.29) is 0 Å². The Morgan fingerprint density at radius 1 is 1.25 bits per heavy atom. The highest BCUT2D eigenvalue weighted by Crippen LogP contribution is 2.24. The van der Waals surface area contributed by atoms with Gasteiger partial charge in [0.15, 0.2) is 0 Å². The van der Waals surface area contributed by atoms with Gasteiger partial charge in [-0.2, -0.15) is 0 Å². The molecular formula is C14H22N2. The first kappa shape index (κ1) is 11.5. The molecule has 1 aliphatic heterocycles. The van der Waals surface area contributed by atoms with E-state index in [0.717, 1.165) is 19.0 Å². The van der Waals surface area contributed by atoms with E-state index in [9.17, 15) is 0 Å². The third kappa shape index (κ3) is 2.56. The van der Waals surface area contributed by atoms with Gasteiger partial charge in [-0.05, 0) is 31.4 Å². The fourth-order valence-electron chi connectivity index (χ4n) is 2.51. The molecule has 0 amide bonds. The number of anilines is 1. The van der Waals surface area contributed by atoms with Crippen molar-refractivity contribution in [1.29, 1.82) is 0 Å². The highest BCUT2D eigenvalue weighted by Gasteiger charge is 2.23. The third-order valence-corrected chi connectivity index (χ3v) is 3.55. The van der Waals surface area contributed by atoms with Crippen LogP contribution in [0.2, 0.25) is 0 Å². The molecule has 1 aromatic rings. The molecule has 1 heterocycles. The van der Waals surface area contributed by atoms with E-state index >= 15 is 0 Å². The highest BCUT2D eigenvalue weighted by atomic mass is 15.2. The first-order chi connectivity index (χ1) is 7.69.